The SMILES string of the molecule is O=c1[nH]c(Cl)nc2c1ccn2C1CC1. The molecule has 3 rings (SSSR count). The summed E-state index contributed by atoms with van der Waals surface area (Å²) in [4.78, 5) is 18.1. The van der Waals surface area contributed by atoms with Gasteiger partial charge in [0.05, 0.1) is 5.39 Å². The fourth-order valence-electron chi connectivity index (χ4n) is 1.66. The summed E-state index contributed by atoms with van der Waals surface area (Å²) in [5, 5.41) is 0.768. The molecule has 14 heavy (non-hydrogen) atoms. The zero-order chi connectivity index (χ0) is 9.71. The van der Waals surface area contributed by atoms with Crippen LogP contribution in [0.1, 0.15) is 18.9 Å². The van der Waals surface area contributed by atoms with Crippen molar-refractivity contribution in [3.05, 3.63) is 27.9 Å². The number of halogens is 1. The van der Waals surface area contributed by atoms with Crippen molar-refractivity contribution >= 4 is 22.6 Å². The van der Waals surface area contributed by atoms with Gasteiger partial charge in [-0.3, -0.25) is 9.78 Å². The van der Waals surface area contributed by atoms with Crippen molar-refractivity contribution < 1.29 is 0 Å². The first-order chi connectivity index (χ1) is 6.75. The van der Waals surface area contributed by atoms with E-state index in [0.717, 1.165) is 12.8 Å². The number of hydrogen-bond acceptors (Lipinski definition) is 2. The van der Waals surface area contributed by atoms with Crippen molar-refractivity contribution in [1.82, 2.24) is 14.5 Å². The molecule has 2 aromatic rings. The fourth-order valence-corrected chi connectivity index (χ4v) is 1.83. The number of H-pyrrole nitrogens is 1. The molecule has 1 aliphatic carbocycles. The van der Waals surface area contributed by atoms with E-state index in [2.05, 4.69) is 9.97 Å². The average molecular weight is 210 g/mol. The number of nitrogens with zero attached hydrogens (tertiary/aromatic N) is 2. The lowest BCUT2D eigenvalue weighted by atomic mass is 10.4. The van der Waals surface area contributed by atoms with Gasteiger partial charge in [0.25, 0.3) is 5.56 Å². The maximum atomic E-state index is 11.5. The van der Waals surface area contributed by atoms with Gasteiger partial charge < -0.3 is 4.57 Å². The Morgan fingerprint density at radius 3 is 3.07 bits per heavy atom. The van der Waals surface area contributed by atoms with Crippen molar-refractivity contribution in [3.8, 4) is 0 Å². The topological polar surface area (TPSA) is 50.7 Å². The van der Waals surface area contributed by atoms with Crippen molar-refractivity contribution in [2.24, 2.45) is 0 Å². The van der Waals surface area contributed by atoms with Crippen LogP contribution in [0.5, 0.6) is 0 Å². The maximum absolute atomic E-state index is 11.5. The minimum absolute atomic E-state index is 0.156. The van der Waals surface area contributed by atoms with Gasteiger partial charge >= 0.3 is 0 Å². The lowest BCUT2D eigenvalue weighted by Crippen LogP contribution is -2.08. The van der Waals surface area contributed by atoms with Crippen LogP contribution in [-0.4, -0.2) is 14.5 Å². The van der Waals surface area contributed by atoms with E-state index in [0.29, 0.717) is 17.1 Å². The summed E-state index contributed by atoms with van der Waals surface area (Å²) < 4.78 is 2.02. The van der Waals surface area contributed by atoms with Gasteiger partial charge in [0.2, 0.25) is 5.28 Å². The molecule has 0 saturated heterocycles. The van der Waals surface area contributed by atoms with Crippen LogP contribution in [0.2, 0.25) is 5.28 Å². The van der Waals surface area contributed by atoms with Gasteiger partial charge in [-0.2, -0.15) is 0 Å². The minimum atomic E-state index is -0.167. The molecule has 4 nitrogen and oxygen atoms in total. The van der Waals surface area contributed by atoms with E-state index >= 15 is 0 Å². The summed E-state index contributed by atoms with van der Waals surface area (Å²) in [5.74, 6) is 0. The summed E-state index contributed by atoms with van der Waals surface area (Å²) >= 11 is 5.70. The average Bonchev–Trinajstić information content (AvgIpc) is 2.87. The summed E-state index contributed by atoms with van der Waals surface area (Å²) in [6, 6.07) is 2.30. The van der Waals surface area contributed by atoms with Crippen LogP contribution >= 0.6 is 11.6 Å². The number of rotatable bonds is 1. The molecule has 0 radical (unpaired) electrons. The van der Waals surface area contributed by atoms with Crippen molar-refractivity contribution in [2.75, 3.05) is 0 Å². The highest BCUT2D eigenvalue weighted by Crippen LogP contribution is 2.36. The Hall–Kier alpha value is -1.29. The Kier molecular flexibility index (Phi) is 1.50. The molecule has 0 amide bonds. The van der Waals surface area contributed by atoms with Crippen molar-refractivity contribution in [3.63, 3.8) is 0 Å². The third-order valence-electron chi connectivity index (χ3n) is 2.49. The van der Waals surface area contributed by atoms with Crippen LogP contribution < -0.4 is 5.56 Å². The van der Waals surface area contributed by atoms with Crippen molar-refractivity contribution in [1.29, 1.82) is 0 Å². The first kappa shape index (κ1) is 8.05. The summed E-state index contributed by atoms with van der Waals surface area (Å²) in [6.45, 7) is 0. The van der Waals surface area contributed by atoms with Crippen LogP contribution in [0.3, 0.4) is 0 Å². The third kappa shape index (κ3) is 1.07. The highest BCUT2D eigenvalue weighted by Gasteiger charge is 2.25. The van der Waals surface area contributed by atoms with Gasteiger partial charge in [0.15, 0.2) is 0 Å². The van der Waals surface area contributed by atoms with Gasteiger partial charge in [-0.15, -0.1) is 0 Å². The molecule has 5 heteroatoms. The fraction of sp³-hybridized carbons (Fsp3) is 0.333. The van der Waals surface area contributed by atoms with E-state index in [9.17, 15) is 4.79 Å². The Balaban J connectivity index is 2.38. The van der Waals surface area contributed by atoms with Crippen LogP contribution in [0.25, 0.3) is 11.0 Å². The van der Waals surface area contributed by atoms with E-state index in [1.807, 2.05) is 10.8 Å². The first-order valence-electron chi connectivity index (χ1n) is 4.52. The zero-order valence-electron chi connectivity index (χ0n) is 7.33. The van der Waals surface area contributed by atoms with Gasteiger partial charge in [0, 0.05) is 12.2 Å². The maximum Gasteiger partial charge on any atom is 0.261 e. The third-order valence-corrected chi connectivity index (χ3v) is 2.67. The minimum Gasteiger partial charge on any atom is -0.329 e. The van der Waals surface area contributed by atoms with Gasteiger partial charge in [-0.05, 0) is 30.5 Å². The molecular weight excluding hydrogens is 202 g/mol. The molecule has 72 valence electrons. The largest absolute Gasteiger partial charge is 0.329 e. The van der Waals surface area contributed by atoms with Crippen LogP contribution in [0.15, 0.2) is 17.1 Å². The second-order valence-corrected chi connectivity index (χ2v) is 3.91. The predicted molar refractivity (Wildman–Crippen MR) is 53.6 cm³/mol. The van der Waals surface area contributed by atoms with Crippen LogP contribution in [-0.2, 0) is 0 Å². The molecule has 0 aliphatic heterocycles. The number of fused-ring (bicyclic) bond motifs is 1. The molecule has 0 spiro atoms. The van der Waals surface area contributed by atoms with E-state index in [-0.39, 0.29) is 10.8 Å². The normalized spacial score (nSPS) is 16.4. The molecule has 0 atom stereocenters. The molecular formula is C9H8ClN3O. The summed E-state index contributed by atoms with van der Waals surface area (Å²) in [7, 11) is 0. The van der Waals surface area contributed by atoms with E-state index < -0.39 is 0 Å². The van der Waals surface area contributed by atoms with Crippen molar-refractivity contribution in [2.45, 2.75) is 18.9 Å². The molecule has 2 aromatic heterocycles. The van der Waals surface area contributed by atoms with E-state index in [1.165, 1.54) is 0 Å². The Bertz CT molecular complexity index is 553. The molecule has 1 fully saturated rings. The second kappa shape index (κ2) is 2.60. The standard InChI is InChI=1S/C9H8ClN3O/c10-9-11-7-6(8(14)12-9)3-4-13(7)5-1-2-5/h3-5H,1-2H2,(H,11,12,14). The quantitative estimate of drug-likeness (QED) is 0.727. The van der Waals surface area contributed by atoms with Crippen LogP contribution in [0.4, 0.5) is 0 Å². The molecule has 1 N–H and O–H groups in total. The second-order valence-electron chi connectivity index (χ2n) is 3.55. The van der Waals surface area contributed by atoms with Gasteiger partial charge in [-0.25, -0.2) is 4.98 Å². The van der Waals surface area contributed by atoms with Gasteiger partial charge in [0.1, 0.15) is 5.65 Å². The summed E-state index contributed by atoms with van der Waals surface area (Å²) in [5.41, 5.74) is 0.528. The molecule has 2 heterocycles. The molecule has 0 aromatic carbocycles. The Morgan fingerprint density at radius 2 is 2.36 bits per heavy atom. The van der Waals surface area contributed by atoms with E-state index in [4.69, 9.17) is 11.6 Å². The number of aromatic nitrogens is 3. The highest BCUT2D eigenvalue weighted by atomic mass is 35.5. The first-order valence-corrected chi connectivity index (χ1v) is 4.90. The monoisotopic (exact) mass is 209 g/mol. The van der Waals surface area contributed by atoms with Gasteiger partial charge in [-0.1, -0.05) is 0 Å². The predicted octanol–water partition coefficient (Wildman–Crippen LogP) is 1.71. The lowest BCUT2D eigenvalue weighted by molar-refractivity contribution is 0.765. The zero-order valence-corrected chi connectivity index (χ0v) is 8.08. The summed E-state index contributed by atoms with van der Waals surface area (Å²) in [6.07, 6.45) is 4.23. The van der Waals surface area contributed by atoms with Crippen LogP contribution in [0, 0.1) is 0 Å². The molecule has 0 bridgehead atoms. The number of hydrogen-bond donors (Lipinski definition) is 1. The Morgan fingerprint density at radius 1 is 1.57 bits per heavy atom. The molecule has 1 aliphatic rings. The smallest absolute Gasteiger partial charge is 0.261 e. The van der Waals surface area contributed by atoms with E-state index in [1.54, 1.807) is 6.07 Å². The molecule has 0 unspecified atom stereocenters. The molecule has 1 saturated carbocycles. The number of nitrogens with one attached hydrogen (secondary N) is 1. The number of aromatic amines is 1. The highest BCUT2D eigenvalue weighted by molar-refractivity contribution is 6.28. The lowest BCUT2D eigenvalue weighted by Gasteiger charge is -2.00. The Labute approximate surface area is 84.5 Å².